The maximum absolute atomic E-state index is 12.4. The minimum atomic E-state index is -3.55. The van der Waals surface area contributed by atoms with Gasteiger partial charge in [-0.25, -0.2) is 8.42 Å². The van der Waals surface area contributed by atoms with Crippen LogP contribution < -0.4 is 14.4 Å². The molecule has 0 saturated carbocycles. The van der Waals surface area contributed by atoms with Crippen molar-refractivity contribution in [1.82, 2.24) is 5.32 Å². The molecule has 0 fully saturated rings. The van der Waals surface area contributed by atoms with E-state index in [1.54, 1.807) is 48.5 Å². The molecule has 3 aromatic rings. The van der Waals surface area contributed by atoms with Crippen molar-refractivity contribution >= 4 is 33.2 Å². The lowest BCUT2D eigenvalue weighted by molar-refractivity contribution is 0.0954. The molecule has 0 aliphatic rings. The number of rotatable bonds is 9. The van der Waals surface area contributed by atoms with Crippen LogP contribution in [-0.4, -0.2) is 34.2 Å². The van der Waals surface area contributed by atoms with Gasteiger partial charge in [-0.15, -0.1) is 0 Å². The first-order valence-electron chi connectivity index (χ1n) is 10.0. The van der Waals surface area contributed by atoms with Gasteiger partial charge in [-0.1, -0.05) is 48.0 Å². The Balaban J connectivity index is 1.65. The van der Waals surface area contributed by atoms with Crippen LogP contribution in [0.25, 0.3) is 0 Å². The average Bonchev–Trinajstić information content (AvgIpc) is 2.78. The van der Waals surface area contributed by atoms with E-state index in [2.05, 4.69) is 5.32 Å². The molecule has 168 valence electrons. The monoisotopic (exact) mass is 472 g/mol. The predicted molar refractivity (Wildman–Crippen MR) is 128 cm³/mol. The topological polar surface area (TPSA) is 75.7 Å². The normalized spacial score (nSPS) is 11.1. The molecule has 0 heterocycles. The zero-order chi connectivity index (χ0) is 23.1. The van der Waals surface area contributed by atoms with E-state index in [4.69, 9.17) is 16.3 Å². The van der Waals surface area contributed by atoms with Crippen molar-refractivity contribution in [2.45, 2.75) is 13.0 Å². The number of halogens is 1. The smallest absolute Gasteiger partial charge is 0.251 e. The number of ether oxygens (including phenoxy) is 1. The second kappa shape index (κ2) is 10.5. The number of hydrogen-bond donors (Lipinski definition) is 1. The van der Waals surface area contributed by atoms with Crippen molar-refractivity contribution in [2.24, 2.45) is 0 Å². The van der Waals surface area contributed by atoms with Gasteiger partial charge in [0, 0.05) is 17.1 Å². The van der Waals surface area contributed by atoms with Crippen LogP contribution in [0.15, 0.2) is 72.8 Å². The molecule has 0 spiro atoms. The lowest BCUT2D eigenvalue weighted by Crippen LogP contribution is -2.29. The maximum Gasteiger partial charge on any atom is 0.251 e. The van der Waals surface area contributed by atoms with E-state index < -0.39 is 10.0 Å². The number of methoxy groups -OCH3 is 1. The predicted octanol–water partition coefficient (Wildman–Crippen LogP) is 4.29. The molecule has 0 atom stereocenters. The van der Waals surface area contributed by atoms with E-state index in [9.17, 15) is 13.2 Å². The molecule has 0 bridgehead atoms. The Kier molecular flexibility index (Phi) is 7.77. The first-order valence-corrected chi connectivity index (χ1v) is 12.2. The number of benzene rings is 3. The third-order valence-electron chi connectivity index (χ3n) is 4.91. The summed E-state index contributed by atoms with van der Waals surface area (Å²) in [7, 11) is -2.05. The summed E-state index contributed by atoms with van der Waals surface area (Å²) in [6.07, 6.45) is 1.85. The second-order valence-electron chi connectivity index (χ2n) is 7.27. The van der Waals surface area contributed by atoms with Gasteiger partial charge in [-0.05, 0) is 53.9 Å². The number of para-hydroxylation sites is 2. The number of sulfonamides is 1. The molecule has 3 aromatic carbocycles. The van der Waals surface area contributed by atoms with E-state index in [1.807, 2.05) is 24.3 Å². The van der Waals surface area contributed by atoms with Gasteiger partial charge in [0.15, 0.2) is 0 Å². The van der Waals surface area contributed by atoms with Gasteiger partial charge in [0.25, 0.3) is 5.91 Å². The van der Waals surface area contributed by atoms with Crippen LogP contribution in [0.4, 0.5) is 5.69 Å². The highest BCUT2D eigenvalue weighted by molar-refractivity contribution is 7.92. The molecule has 0 radical (unpaired) electrons. The molecule has 8 heteroatoms. The molecule has 1 N–H and O–H groups in total. The fraction of sp³-hybridized carbons (Fsp3) is 0.208. The number of nitrogens with one attached hydrogen (secondary N) is 1. The van der Waals surface area contributed by atoms with Crippen molar-refractivity contribution in [3.8, 4) is 5.75 Å². The second-order valence-corrected chi connectivity index (χ2v) is 9.61. The van der Waals surface area contributed by atoms with Crippen LogP contribution in [0.1, 0.15) is 21.5 Å². The SMILES string of the molecule is COc1ccccc1N(Cc1ccc(C(=O)NCCc2ccc(Cl)cc2)cc1)S(C)(=O)=O. The van der Waals surface area contributed by atoms with E-state index in [0.29, 0.717) is 35.0 Å². The van der Waals surface area contributed by atoms with Crippen LogP contribution in [0.3, 0.4) is 0 Å². The quantitative estimate of drug-likeness (QED) is 0.504. The Bertz CT molecular complexity index is 1160. The van der Waals surface area contributed by atoms with Gasteiger partial charge in [0.05, 0.1) is 25.6 Å². The van der Waals surface area contributed by atoms with Crippen LogP contribution in [0, 0.1) is 0 Å². The maximum atomic E-state index is 12.4. The first-order chi connectivity index (χ1) is 15.3. The van der Waals surface area contributed by atoms with E-state index in [0.717, 1.165) is 17.4 Å². The van der Waals surface area contributed by atoms with Crippen molar-refractivity contribution < 1.29 is 17.9 Å². The van der Waals surface area contributed by atoms with Crippen LogP contribution in [-0.2, 0) is 23.0 Å². The zero-order valence-corrected chi connectivity index (χ0v) is 19.5. The number of carbonyl (C=O) groups excluding carboxylic acids is 1. The standard InChI is InChI=1S/C24H25ClN2O4S/c1-31-23-6-4-3-5-22(23)27(32(2,29)30)17-19-7-11-20(12-8-19)24(28)26-16-15-18-9-13-21(25)14-10-18/h3-14H,15-17H2,1-2H3,(H,26,28). The molecule has 6 nitrogen and oxygen atoms in total. The largest absolute Gasteiger partial charge is 0.495 e. The van der Waals surface area contributed by atoms with Crippen LogP contribution in [0.5, 0.6) is 5.75 Å². The van der Waals surface area contributed by atoms with E-state index in [1.165, 1.54) is 11.4 Å². The summed E-state index contributed by atoms with van der Waals surface area (Å²) in [5, 5.41) is 3.57. The summed E-state index contributed by atoms with van der Waals surface area (Å²) in [5.74, 6) is 0.282. The highest BCUT2D eigenvalue weighted by Crippen LogP contribution is 2.30. The summed E-state index contributed by atoms with van der Waals surface area (Å²) in [6, 6.07) is 21.3. The highest BCUT2D eigenvalue weighted by Gasteiger charge is 2.21. The molecule has 1 amide bonds. The lowest BCUT2D eigenvalue weighted by Gasteiger charge is -2.24. The Morgan fingerprint density at radius 2 is 1.59 bits per heavy atom. The van der Waals surface area contributed by atoms with Gasteiger partial charge in [-0.2, -0.15) is 0 Å². The van der Waals surface area contributed by atoms with Gasteiger partial charge in [0.1, 0.15) is 5.75 Å². The summed E-state index contributed by atoms with van der Waals surface area (Å²) < 4.78 is 31.5. The summed E-state index contributed by atoms with van der Waals surface area (Å²) >= 11 is 5.88. The summed E-state index contributed by atoms with van der Waals surface area (Å²) in [6.45, 7) is 0.621. The number of nitrogens with zero attached hydrogens (tertiary/aromatic N) is 1. The summed E-state index contributed by atoms with van der Waals surface area (Å²) in [4.78, 5) is 12.4. The van der Waals surface area contributed by atoms with Crippen molar-refractivity contribution in [2.75, 3.05) is 24.2 Å². The molecular formula is C24H25ClN2O4S. The highest BCUT2D eigenvalue weighted by atomic mass is 35.5. The molecule has 3 rings (SSSR count). The molecular weight excluding hydrogens is 448 g/mol. The van der Waals surface area contributed by atoms with Crippen LogP contribution >= 0.6 is 11.6 Å². The zero-order valence-electron chi connectivity index (χ0n) is 17.9. The number of hydrogen-bond acceptors (Lipinski definition) is 4. The van der Waals surface area contributed by atoms with Gasteiger partial charge < -0.3 is 10.1 Å². The number of carbonyl (C=O) groups is 1. The van der Waals surface area contributed by atoms with Crippen molar-refractivity contribution in [1.29, 1.82) is 0 Å². The van der Waals surface area contributed by atoms with Gasteiger partial charge in [-0.3, -0.25) is 9.10 Å². The van der Waals surface area contributed by atoms with Gasteiger partial charge in [0.2, 0.25) is 10.0 Å². The molecule has 32 heavy (non-hydrogen) atoms. The molecule has 0 saturated heterocycles. The average molecular weight is 473 g/mol. The Hall–Kier alpha value is -3.03. The Morgan fingerprint density at radius 3 is 2.22 bits per heavy atom. The molecule has 0 aromatic heterocycles. The molecule has 0 unspecified atom stereocenters. The Labute approximate surface area is 193 Å². The minimum absolute atomic E-state index is 0.123. The number of amides is 1. The Morgan fingerprint density at radius 1 is 0.969 bits per heavy atom. The fourth-order valence-electron chi connectivity index (χ4n) is 3.22. The third kappa shape index (κ3) is 6.24. The van der Waals surface area contributed by atoms with Crippen molar-refractivity contribution in [3.05, 3.63) is 94.5 Å². The van der Waals surface area contributed by atoms with Gasteiger partial charge >= 0.3 is 0 Å². The lowest BCUT2D eigenvalue weighted by atomic mass is 10.1. The fourth-order valence-corrected chi connectivity index (χ4v) is 4.24. The van der Waals surface area contributed by atoms with Crippen LogP contribution in [0.2, 0.25) is 5.02 Å². The van der Waals surface area contributed by atoms with E-state index in [-0.39, 0.29) is 12.5 Å². The third-order valence-corrected chi connectivity index (χ3v) is 6.29. The molecule has 0 aliphatic carbocycles. The van der Waals surface area contributed by atoms with E-state index >= 15 is 0 Å². The summed E-state index contributed by atoms with van der Waals surface area (Å²) in [5.41, 5.74) is 2.80. The first kappa shape index (κ1) is 23.6. The molecule has 0 aliphatic heterocycles. The number of anilines is 1. The minimum Gasteiger partial charge on any atom is -0.495 e. The van der Waals surface area contributed by atoms with Crippen molar-refractivity contribution in [3.63, 3.8) is 0 Å².